The van der Waals surface area contributed by atoms with Gasteiger partial charge in [0.2, 0.25) is 0 Å². The van der Waals surface area contributed by atoms with Crippen LogP contribution >= 0.6 is 0 Å². The van der Waals surface area contributed by atoms with Crippen LogP contribution in [0.1, 0.15) is 53.4 Å². The van der Waals surface area contributed by atoms with Crippen LogP contribution < -0.4 is 0 Å². The van der Waals surface area contributed by atoms with Gasteiger partial charge in [-0.05, 0) is 40.5 Å². The topological polar surface area (TPSA) is 60.4 Å². The molecule has 0 saturated heterocycles. The van der Waals surface area contributed by atoms with Gasteiger partial charge in [0.05, 0.1) is 6.42 Å². The van der Waals surface area contributed by atoms with Gasteiger partial charge in [0.1, 0.15) is 17.2 Å². The summed E-state index contributed by atoms with van der Waals surface area (Å²) in [6.07, 6.45) is 1.86. The maximum Gasteiger partial charge on any atom is 0.307 e. The van der Waals surface area contributed by atoms with Gasteiger partial charge in [0, 0.05) is 18.3 Å². The van der Waals surface area contributed by atoms with Crippen molar-refractivity contribution in [2.24, 2.45) is 11.8 Å². The van der Waals surface area contributed by atoms with E-state index in [0.29, 0.717) is 19.3 Å². The van der Waals surface area contributed by atoms with Gasteiger partial charge in [0.15, 0.2) is 0 Å². The number of hydrogen-bond donors (Lipinski definition) is 0. The molecule has 18 heavy (non-hydrogen) atoms. The third-order valence-electron chi connectivity index (χ3n) is 3.04. The molecule has 0 aliphatic heterocycles. The molecule has 0 aromatic heterocycles. The Labute approximate surface area is 108 Å². The monoisotopic (exact) mass is 254 g/mol. The fraction of sp³-hybridized carbons (Fsp3) is 0.786. The molecule has 0 N–H and O–H groups in total. The highest BCUT2D eigenvalue weighted by molar-refractivity contribution is 5.92. The van der Waals surface area contributed by atoms with E-state index in [9.17, 15) is 14.4 Å². The molecule has 1 fully saturated rings. The Morgan fingerprint density at radius 2 is 1.67 bits per heavy atom. The van der Waals surface area contributed by atoms with Gasteiger partial charge in [-0.1, -0.05) is 0 Å². The number of carbonyl (C=O) groups is 3. The number of carbonyl (C=O) groups excluding carboxylic acids is 3. The highest BCUT2D eigenvalue weighted by Crippen LogP contribution is 2.32. The molecular formula is C14H22O4. The second-order valence-electron chi connectivity index (χ2n) is 6.07. The van der Waals surface area contributed by atoms with E-state index < -0.39 is 5.60 Å². The van der Waals surface area contributed by atoms with Crippen molar-refractivity contribution in [2.45, 2.75) is 59.0 Å². The average molecular weight is 254 g/mol. The predicted octanol–water partition coefficient (Wildman–Crippen LogP) is 2.29. The largest absolute Gasteiger partial charge is 0.460 e. The average Bonchev–Trinajstić information content (AvgIpc) is 2.46. The molecule has 0 bridgehead atoms. The summed E-state index contributed by atoms with van der Waals surface area (Å²) < 4.78 is 5.21. The number of hydrogen-bond acceptors (Lipinski definition) is 4. The van der Waals surface area contributed by atoms with Crippen LogP contribution in [0.25, 0.3) is 0 Å². The van der Waals surface area contributed by atoms with Crippen LogP contribution in [0.2, 0.25) is 0 Å². The third-order valence-corrected chi connectivity index (χ3v) is 3.04. The molecule has 1 rings (SSSR count). The van der Waals surface area contributed by atoms with E-state index in [-0.39, 0.29) is 35.8 Å². The van der Waals surface area contributed by atoms with Gasteiger partial charge >= 0.3 is 5.97 Å². The first kappa shape index (κ1) is 14.9. The lowest BCUT2D eigenvalue weighted by molar-refractivity contribution is -0.157. The Hall–Kier alpha value is -1.19. The van der Waals surface area contributed by atoms with Crippen LogP contribution in [0.5, 0.6) is 0 Å². The zero-order valence-electron chi connectivity index (χ0n) is 11.6. The van der Waals surface area contributed by atoms with E-state index >= 15 is 0 Å². The lowest BCUT2D eigenvalue weighted by Gasteiger charge is -2.20. The summed E-state index contributed by atoms with van der Waals surface area (Å²) in [4.78, 5) is 34.6. The zero-order chi connectivity index (χ0) is 13.9. The van der Waals surface area contributed by atoms with Crippen molar-refractivity contribution in [2.75, 3.05) is 0 Å². The summed E-state index contributed by atoms with van der Waals surface area (Å²) in [6.45, 7) is 6.91. The van der Waals surface area contributed by atoms with E-state index in [1.165, 1.54) is 6.92 Å². The second-order valence-corrected chi connectivity index (χ2v) is 6.07. The third kappa shape index (κ3) is 4.59. The van der Waals surface area contributed by atoms with Gasteiger partial charge in [-0.25, -0.2) is 0 Å². The van der Waals surface area contributed by atoms with Crippen LogP contribution in [-0.4, -0.2) is 23.1 Å². The summed E-state index contributed by atoms with van der Waals surface area (Å²) in [5.74, 6) is -0.689. The van der Waals surface area contributed by atoms with Crippen molar-refractivity contribution in [3.63, 3.8) is 0 Å². The molecule has 0 aromatic carbocycles. The minimum Gasteiger partial charge on any atom is -0.460 e. The Morgan fingerprint density at radius 3 is 2.11 bits per heavy atom. The standard InChI is InChI=1S/C14H22O4/c1-9(15)7-10-5-6-11(13(10)17)8-12(16)18-14(2,3)4/h10-11H,5-8H2,1-4H3. The van der Waals surface area contributed by atoms with Gasteiger partial charge < -0.3 is 9.53 Å². The normalized spacial score (nSPS) is 24.1. The quantitative estimate of drug-likeness (QED) is 0.722. The first-order chi connectivity index (χ1) is 8.19. The van der Waals surface area contributed by atoms with Gasteiger partial charge in [-0.2, -0.15) is 0 Å². The molecular weight excluding hydrogens is 232 g/mol. The summed E-state index contributed by atoms with van der Waals surface area (Å²) >= 11 is 0. The number of ether oxygens (including phenoxy) is 1. The highest BCUT2D eigenvalue weighted by Gasteiger charge is 2.36. The maximum absolute atomic E-state index is 12.0. The number of esters is 1. The van der Waals surface area contributed by atoms with Crippen LogP contribution in [0, 0.1) is 11.8 Å². The molecule has 0 radical (unpaired) electrons. The number of rotatable bonds is 4. The van der Waals surface area contributed by atoms with E-state index in [4.69, 9.17) is 4.74 Å². The highest BCUT2D eigenvalue weighted by atomic mass is 16.6. The molecule has 102 valence electrons. The Balaban J connectivity index is 2.48. The molecule has 4 nitrogen and oxygen atoms in total. The number of Topliss-reactive ketones (excluding diaryl/α,β-unsaturated/α-hetero) is 2. The zero-order valence-corrected chi connectivity index (χ0v) is 11.6. The van der Waals surface area contributed by atoms with Crippen LogP contribution in [0.15, 0.2) is 0 Å². The van der Waals surface area contributed by atoms with Crippen molar-refractivity contribution in [3.8, 4) is 0 Å². The first-order valence-electron chi connectivity index (χ1n) is 6.44. The predicted molar refractivity (Wildman–Crippen MR) is 67.0 cm³/mol. The fourth-order valence-electron chi connectivity index (χ4n) is 2.36. The van der Waals surface area contributed by atoms with Crippen molar-refractivity contribution in [1.29, 1.82) is 0 Å². The minimum atomic E-state index is -0.516. The Morgan fingerprint density at radius 1 is 1.17 bits per heavy atom. The van der Waals surface area contributed by atoms with Crippen LogP contribution in [-0.2, 0) is 19.1 Å². The molecule has 0 spiro atoms. The van der Waals surface area contributed by atoms with Crippen molar-refractivity contribution >= 4 is 17.5 Å². The lowest BCUT2D eigenvalue weighted by atomic mass is 9.96. The van der Waals surface area contributed by atoms with Gasteiger partial charge in [-0.3, -0.25) is 9.59 Å². The lowest BCUT2D eigenvalue weighted by Crippen LogP contribution is -2.26. The molecule has 2 atom stereocenters. The molecule has 1 aliphatic rings. The van der Waals surface area contributed by atoms with Crippen molar-refractivity contribution in [3.05, 3.63) is 0 Å². The Kier molecular flexibility index (Phi) is 4.65. The maximum atomic E-state index is 12.0. The molecule has 4 heteroatoms. The van der Waals surface area contributed by atoms with E-state index in [2.05, 4.69) is 0 Å². The minimum absolute atomic E-state index is 0.0336. The Bertz CT molecular complexity index is 351. The molecule has 1 saturated carbocycles. The first-order valence-corrected chi connectivity index (χ1v) is 6.44. The van der Waals surface area contributed by atoms with E-state index in [1.54, 1.807) is 20.8 Å². The molecule has 0 amide bonds. The summed E-state index contributed by atoms with van der Waals surface area (Å²) in [5, 5.41) is 0. The SMILES string of the molecule is CC(=O)CC1CCC(CC(=O)OC(C)(C)C)C1=O. The van der Waals surface area contributed by atoms with Crippen LogP contribution in [0.4, 0.5) is 0 Å². The molecule has 0 heterocycles. The molecule has 2 unspecified atom stereocenters. The van der Waals surface area contributed by atoms with Gasteiger partial charge in [0.25, 0.3) is 0 Å². The summed E-state index contributed by atoms with van der Waals surface area (Å²) in [6, 6.07) is 0. The van der Waals surface area contributed by atoms with Gasteiger partial charge in [-0.15, -0.1) is 0 Å². The molecule has 0 aromatic rings. The molecule has 1 aliphatic carbocycles. The summed E-state index contributed by atoms with van der Waals surface area (Å²) in [7, 11) is 0. The second kappa shape index (κ2) is 5.63. The van der Waals surface area contributed by atoms with E-state index in [1.807, 2.05) is 0 Å². The van der Waals surface area contributed by atoms with Crippen LogP contribution in [0.3, 0.4) is 0 Å². The smallest absolute Gasteiger partial charge is 0.307 e. The number of ketones is 2. The summed E-state index contributed by atoms with van der Waals surface area (Å²) in [5.41, 5.74) is -0.516. The van der Waals surface area contributed by atoms with E-state index in [0.717, 1.165) is 0 Å². The van der Waals surface area contributed by atoms with Crippen molar-refractivity contribution in [1.82, 2.24) is 0 Å². The van der Waals surface area contributed by atoms with Crippen molar-refractivity contribution < 1.29 is 19.1 Å². The fourth-order valence-corrected chi connectivity index (χ4v) is 2.36.